The Bertz CT molecular complexity index is 554. The second-order valence-corrected chi connectivity index (χ2v) is 7.45. The Kier molecular flexibility index (Phi) is 4.92. The zero-order valence-corrected chi connectivity index (χ0v) is 13.0. The summed E-state index contributed by atoms with van der Waals surface area (Å²) in [5.41, 5.74) is 1.53. The van der Waals surface area contributed by atoms with Crippen molar-refractivity contribution < 1.29 is 13.2 Å². The summed E-state index contributed by atoms with van der Waals surface area (Å²) in [5.74, 6) is -0.215. The van der Waals surface area contributed by atoms with Crippen molar-refractivity contribution in [3.05, 3.63) is 33.8 Å². The lowest BCUT2D eigenvalue weighted by Gasteiger charge is -2.17. The van der Waals surface area contributed by atoms with E-state index in [0.29, 0.717) is 10.0 Å². The Labute approximate surface area is 116 Å². The van der Waals surface area contributed by atoms with Crippen molar-refractivity contribution in [3.8, 4) is 0 Å². The Hall–Kier alpha value is -0.880. The summed E-state index contributed by atoms with van der Waals surface area (Å²) < 4.78 is 22.8. The van der Waals surface area contributed by atoms with Crippen LogP contribution in [0.25, 0.3) is 0 Å². The largest absolute Gasteiger partial charge is 0.341 e. The van der Waals surface area contributed by atoms with E-state index in [1.54, 1.807) is 13.1 Å². The normalized spacial score (nSPS) is 11.3. The Balaban J connectivity index is 2.83. The van der Waals surface area contributed by atoms with Gasteiger partial charge in [-0.1, -0.05) is 11.6 Å². The summed E-state index contributed by atoms with van der Waals surface area (Å²) in [6.45, 7) is 2.10. The minimum absolute atomic E-state index is 0.0291. The number of sulfone groups is 1. The van der Waals surface area contributed by atoms with E-state index in [2.05, 4.69) is 15.9 Å². The topological polar surface area (TPSA) is 54.5 Å². The summed E-state index contributed by atoms with van der Waals surface area (Å²) >= 11 is 3.32. The number of rotatable bonds is 4. The molecule has 0 radical (unpaired) electrons. The third kappa shape index (κ3) is 4.42. The first-order valence-electron chi connectivity index (χ1n) is 5.40. The van der Waals surface area contributed by atoms with Crippen LogP contribution in [-0.2, 0) is 9.84 Å². The Morgan fingerprint density at radius 2 is 2.00 bits per heavy atom. The number of hydrogen-bond donors (Lipinski definition) is 0. The second kappa shape index (κ2) is 5.84. The lowest BCUT2D eigenvalue weighted by Crippen LogP contribution is -2.31. The van der Waals surface area contributed by atoms with Gasteiger partial charge in [0, 0.05) is 24.3 Å². The van der Waals surface area contributed by atoms with Crippen LogP contribution < -0.4 is 0 Å². The monoisotopic (exact) mass is 333 g/mol. The summed E-state index contributed by atoms with van der Waals surface area (Å²) in [6, 6.07) is 5.49. The van der Waals surface area contributed by atoms with Crippen molar-refractivity contribution in [2.75, 3.05) is 25.6 Å². The van der Waals surface area contributed by atoms with E-state index in [1.807, 2.05) is 19.1 Å². The first-order valence-corrected chi connectivity index (χ1v) is 8.25. The van der Waals surface area contributed by atoms with Gasteiger partial charge in [-0.15, -0.1) is 0 Å². The average molecular weight is 334 g/mol. The highest BCUT2D eigenvalue weighted by Gasteiger charge is 2.16. The van der Waals surface area contributed by atoms with Crippen LogP contribution in [0.15, 0.2) is 22.7 Å². The van der Waals surface area contributed by atoms with Gasteiger partial charge in [-0.25, -0.2) is 8.42 Å². The molecule has 0 aliphatic carbocycles. The molecule has 0 bridgehead atoms. The van der Waals surface area contributed by atoms with Gasteiger partial charge < -0.3 is 4.90 Å². The van der Waals surface area contributed by atoms with Gasteiger partial charge in [0.25, 0.3) is 5.91 Å². The van der Waals surface area contributed by atoms with Crippen LogP contribution in [-0.4, -0.2) is 44.8 Å². The third-order valence-corrected chi connectivity index (χ3v) is 4.11. The average Bonchev–Trinajstić information content (AvgIpc) is 2.27. The number of nitrogens with zero attached hydrogens (tertiary/aromatic N) is 1. The van der Waals surface area contributed by atoms with Crippen molar-refractivity contribution >= 4 is 31.7 Å². The van der Waals surface area contributed by atoms with Crippen molar-refractivity contribution in [2.24, 2.45) is 0 Å². The molecule has 0 aromatic heterocycles. The van der Waals surface area contributed by atoms with E-state index in [4.69, 9.17) is 0 Å². The van der Waals surface area contributed by atoms with Crippen molar-refractivity contribution in [1.82, 2.24) is 4.90 Å². The van der Waals surface area contributed by atoms with Gasteiger partial charge in [-0.2, -0.15) is 0 Å². The summed E-state index contributed by atoms with van der Waals surface area (Å²) in [4.78, 5) is 13.6. The molecule has 18 heavy (non-hydrogen) atoms. The lowest BCUT2D eigenvalue weighted by atomic mass is 10.1. The molecule has 1 aromatic rings. The number of benzene rings is 1. The number of carbonyl (C=O) groups excluding carboxylic acids is 1. The summed E-state index contributed by atoms with van der Waals surface area (Å²) in [5, 5.41) is 0. The molecule has 0 aliphatic heterocycles. The molecule has 0 spiro atoms. The molecule has 0 heterocycles. The maximum Gasteiger partial charge on any atom is 0.254 e. The molecule has 6 heteroatoms. The minimum Gasteiger partial charge on any atom is -0.341 e. The summed E-state index contributed by atoms with van der Waals surface area (Å²) in [6.07, 6.45) is 1.16. The van der Waals surface area contributed by atoms with Crippen molar-refractivity contribution in [3.63, 3.8) is 0 Å². The molecule has 0 saturated heterocycles. The lowest BCUT2D eigenvalue weighted by molar-refractivity contribution is 0.0802. The number of hydrogen-bond acceptors (Lipinski definition) is 3. The fourth-order valence-corrected chi connectivity index (χ4v) is 2.43. The van der Waals surface area contributed by atoms with Crippen molar-refractivity contribution in [1.29, 1.82) is 0 Å². The molecular weight excluding hydrogens is 318 g/mol. The zero-order chi connectivity index (χ0) is 13.9. The van der Waals surface area contributed by atoms with Gasteiger partial charge >= 0.3 is 0 Å². The van der Waals surface area contributed by atoms with Crippen LogP contribution in [0, 0.1) is 6.92 Å². The molecule has 0 fully saturated rings. The van der Waals surface area contributed by atoms with Crippen LogP contribution in [0.2, 0.25) is 0 Å². The first kappa shape index (κ1) is 15.2. The number of aryl methyl sites for hydroxylation is 1. The highest BCUT2D eigenvalue weighted by Crippen LogP contribution is 2.19. The van der Waals surface area contributed by atoms with Crippen LogP contribution in [0.1, 0.15) is 15.9 Å². The minimum atomic E-state index is -3.06. The van der Waals surface area contributed by atoms with Gasteiger partial charge in [-0.3, -0.25) is 4.79 Å². The van der Waals surface area contributed by atoms with Gasteiger partial charge in [-0.05, 0) is 35.0 Å². The molecule has 1 amide bonds. The molecular formula is C12H16BrNO3S. The van der Waals surface area contributed by atoms with E-state index < -0.39 is 9.84 Å². The Morgan fingerprint density at radius 1 is 1.39 bits per heavy atom. The molecule has 1 aromatic carbocycles. The standard InChI is InChI=1S/C12H16BrNO3S/c1-9-4-5-11(13)10(8-9)12(15)14(2)6-7-18(3,16)17/h4-5,8H,6-7H2,1-3H3. The highest BCUT2D eigenvalue weighted by molar-refractivity contribution is 9.10. The number of amides is 1. The maximum absolute atomic E-state index is 12.1. The molecule has 0 unspecified atom stereocenters. The fraction of sp³-hybridized carbons (Fsp3) is 0.417. The van der Waals surface area contributed by atoms with Gasteiger partial charge in [0.1, 0.15) is 9.84 Å². The quantitative estimate of drug-likeness (QED) is 0.845. The SMILES string of the molecule is Cc1ccc(Br)c(C(=O)N(C)CCS(C)(=O)=O)c1. The van der Waals surface area contributed by atoms with Gasteiger partial charge in [0.15, 0.2) is 0 Å². The van der Waals surface area contributed by atoms with E-state index in [9.17, 15) is 13.2 Å². The van der Waals surface area contributed by atoms with E-state index in [-0.39, 0.29) is 18.2 Å². The van der Waals surface area contributed by atoms with E-state index in [1.165, 1.54) is 4.90 Å². The molecule has 100 valence electrons. The van der Waals surface area contributed by atoms with Crippen LogP contribution in [0.4, 0.5) is 0 Å². The molecule has 0 atom stereocenters. The predicted molar refractivity (Wildman–Crippen MR) is 75.6 cm³/mol. The molecule has 0 saturated carbocycles. The van der Waals surface area contributed by atoms with Crippen molar-refractivity contribution in [2.45, 2.75) is 6.92 Å². The maximum atomic E-state index is 12.1. The van der Waals surface area contributed by atoms with Crippen LogP contribution in [0.5, 0.6) is 0 Å². The van der Waals surface area contributed by atoms with E-state index in [0.717, 1.165) is 11.8 Å². The zero-order valence-electron chi connectivity index (χ0n) is 10.6. The number of halogens is 1. The van der Waals surface area contributed by atoms with Gasteiger partial charge in [0.05, 0.1) is 11.3 Å². The Morgan fingerprint density at radius 3 is 2.56 bits per heavy atom. The molecule has 4 nitrogen and oxygen atoms in total. The predicted octanol–water partition coefficient (Wildman–Crippen LogP) is 1.87. The van der Waals surface area contributed by atoms with Crippen LogP contribution in [0.3, 0.4) is 0 Å². The number of carbonyl (C=O) groups is 1. The molecule has 0 aliphatic rings. The summed E-state index contributed by atoms with van der Waals surface area (Å²) in [7, 11) is -1.46. The third-order valence-electron chi connectivity index (χ3n) is 2.50. The smallest absolute Gasteiger partial charge is 0.254 e. The highest BCUT2D eigenvalue weighted by atomic mass is 79.9. The first-order chi connectivity index (χ1) is 8.20. The molecule has 0 N–H and O–H groups in total. The molecule has 1 rings (SSSR count). The van der Waals surface area contributed by atoms with E-state index >= 15 is 0 Å². The second-order valence-electron chi connectivity index (χ2n) is 4.34. The fourth-order valence-electron chi connectivity index (χ4n) is 1.41. The van der Waals surface area contributed by atoms with Crippen LogP contribution >= 0.6 is 15.9 Å². The van der Waals surface area contributed by atoms with Gasteiger partial charge in [0.2, 0.25) is 0 Å².